The number of hydrogen-bond donors (Lipinski definition) is 0. The number of benzene rings is 7. The van der Waals surface area contributed by atoms with Crippen molar-refractivity contribution in [3.63, 3.8) is 0 Å². The van der Waals surface area contributed by atoms with Crippen LogP contribution in [0.2, 0.25) is 0 Å². The second-order valence-electron chi connectivity index (χ2n) is 12.9. The summed E-state index contributed by atoms with van der Waals surface area (Å²) in [7, 11) is 0. The van der Waals surface area contributed by atoms with Crippen LogP contribution in [0, 0.1) is 0 Å². The van der Waals surface area contributed by atoms with Crippen molar-refractivity contribution < 1.29 is 4.42 Å². The largest absolute Gasteiger partial charge is 0.434 e. The van der Waals surface area contributed by atoms with E-state index < -0.39 is 0 Å². The molecule has 52 heavy (non-hydrogen) atoms. The van der Waals surface area contributed by atoms with Crippen molar-refractivity contribution in [1.82, 2.24) is 19.5 Å². The first-order chi connectivity index (χ1) is 25.8. The fourth-order valence-electron chi connectivity index (χ4n) is 7.13. The fourth-order valence-corrected chi connectivity index (χ4v) is 7.13. The highest BCUT2D eigenvalue weighted by Crippen LogP contribution is 2.39. The Labute approximate surface area is 300 Å². The molecular formula is C47H30N4O. The average Bonchev–Trinajstić information content (AvgIpc) is 3.82. The molecule has 5 heteroatoms. The van der Waals surface area contributed by atoms with Gasteiger partial charge < -0.3 is 8.98 Å². The number of para-hydroxylation sites is 1. The highest BCUT2D eigenvalue weighted by Gasteiger charge is 2.19. The maximum absolute atomic E-state index is 6.56. The van der Waals surface area contributed by atoms with E-state index in [1.807, 2.05) is 66.7 Å². The van der Waals surface area contributed by atoms with Crippen molar-refractivity contribution in [2.45, 2.75) is 0 Å². The zero-order chi connectivity index (χ0) is 34.4. The van der Waals surface area contributed by atoms with Crippen LogP contribution in [-0.2, 0) is 0 Å². The quantitative estimate of drug-likeness (QED) is 0.177. The molecule has 0 saturated heterocycles. The SMILES string of the molecule is c1ccc(-c2cc(-c3ccc(-c4cccc(-n5c6ccccc6c6ccc7nc(-c8ccccc8)oc7c65)c4)cc3)nc(-c3ccccc3)n2)cc1. The van der Waals surface area contributed by atoms with E-state index in [4.69, 9.17) is 19.4 Å². The van der Waals surface area contributed by atoms with Crippen LogP contribution in [0.3, 0.4) is 0 Å². The topological polar surface area (TPSA) is 56.7 Å². The van der Waals surface area contributed by atoms with Crippen molar-refractivity contribution in [1.29, 1.82) is 0 Å². The third-order valence-electron chi connectivity index (χ3n) is 9.66. The first-order valence-electron chi connectivity index (χ1n) is 17.4. The minimum absolute atomic E-state index is 0.615. The van der Waals surface area contributed by atoms with Gasteiger partial charge >= 0.3 is 0 Å². The van der Waals surface area contributed by atoms with Gasteiger partial charge in [-0.15, -0.1) is 0 Å². The number of oxazole rings is 1. The van der Waals surface area contributed by atoms with Crippen LogP contribution in [0.25, 0.3) is 95.1 Å². The Morgan fingerprint density at radius 3 is 1.73 bits per heavy atom. The molecule has 3 aromatic heterocycles. The Bertz CT molecular complexity index is 2820. The van der Waals surface area contributed by atoms with E-state index in [0.717, 1.165) is 78.0 Å². The van der Waals surface area contributed by atoms with E-state index in [9.17, 15) is 0 Å². The summed E-state index contributed by atoms with van der Waals surface area (Å²) in [6, 6.07) is 62.7. The normalized spacial score (nSPS) is 11.5. The van der Waals surface area contributed by atoms with Crippen molar-refractivity contribution >= 4 is 32.9 Å². The van der Waals surface area contributed by atoms with E-state index in [0.29, 0.717) is 11.7 Å². The van der Waals surface area contributed by atoms with Gasteiger partial charge in [0.15, 0.2) is 11.4 Å². The Morgan fingerprint density at radius 2 is 1.00 bits per heavy atom. The predicted octanol–water partition coefficient (Wildman–Crippen LogP) is 12.0. The Morgan fingerprint density at radius 1 is 0.404 bits per heavy atom. The number of hydrogen-bond acceptors (Lipinski definition) is 4. The Hall–Kier alpha value is -7.11. The van der Waals surface area contributed by atoms with Gasteiger partial charge in [-0.05, 0) is 59.7 Å². The van der Waals surface area contributed by atoms with Gasteiger partial charge in [-0.3, -0.25) is 0 Å². The maximum atomic E-state index is 6.56. The number of aromatic nitrogens is 4. The lowest BCUT2D eigenvalue weighted by molar-refractivity contribution is 0.622. The summed E-state index contributed by atoms with van der Waals surface area (Å²) >= 11 is 0. The second-order valence-corrected chi connectivity index (χ2v) is 12.9. The predicted molar refractivity (Wildman–Crippen MR) is 211 cm³/mol. The number of rotatable bonds is 6. The molecule has 0 spiro atoms. The van der Waals surface area contributed by atoms with Crippen LogP contribution in [0.5, 0.6) is 0 Å². The van der Waals surface area contributed by atoms with Crippen LogP contribution >= 0.6 is 0 Å². The third-order valence-corrected chi connectivity index (χ3v) is 9.66. The van der Waals surface area contributed by atoms with E-state index >= 15 is 0 Å². The van der Waals surface area contributed by atoms with Gasteiger partial charge in [0, 0.05) is 38.7 Å². The van der Waals surface area contributed by atoms with Crippen molar-refractivity contribution in [2.75, 3.05) is 0 Å². The molecule has 3 heterocycles. The summed E-state index contributed by atoms with van der Waals surface area (Å²) < 4.78 is 8.87. The van der Waals surface area contributed by atoms with Gasteiger partial charge in [-0.1, -0.05) is 133 Å². The van der Waals surface area contributed by atoms with Gasteiger partial charge in [0.2, 0.25) is 5.89 Å². The lowest BCUT2D eigenvalue weighted by Crippen LogP contribution is -1.96. The van der Waals surface area contributed by atoms with E-state index in [1.165, 1.54) is 5.39 Å². The molecule has 0 atom stereocenters. The number of fused-ring (bicyclic) bond motifs is 5. The van der Waals surface area contributed by atoms with Crippen LogP contribution < -0.4 is 0 Å². The van der Waals surface area contributed by atoms with E-state index in [-0.39, 0.29) is 0 Å². The molecule has 0 amide bonds. The molecule has 0 bridgehead atoms. The zero-order valence-corrected chi connectivity index (χ0v) is 28.0. The van der Waals surface area contributed by atoms with Gasteiger partial charge in [0.1, 0.15) is 5.52 Å². The van der Waals surface area contributed by atoms with Crippen molar-refractivity contribution in [3.8, 4) is 62.2 Å². The van der Waals surface area contributed by atoms with Gasteiger partial charge in [0.25, 0.3) is 0 Å². The zero-order valence-electron chi connectivity index (χ0n) is 28.0. The van der Waals surface area contributed by atoms with E-state index in [2.05, 4.69) is 120 Å². The molecule has 10 aromatic rings. The molecule has 7 aromatic carbocycles. The smallest absolute Gasteiger partial charge is 0.227 e. The van der Waals surface area contributed by atoms with Crippen LogP contribution in [-0.4, -0.2) is 19.5 Å². The third kappa shape index (κ3) is 5.15. The van der Waals surface area contributed by atoms with Crippen LogP contribution in [0.15, 0.2) is 186 Å². The second kappa shape index (κ2) is 12.3. The molecule has 0 N–H and O–H groups in total. The lowest BCUT2D eigenvalue weighted by Gasteiger charge is -2.12. The first-order valence-corrected chi connectivity index (χ1v) is 17.4. The molecule has 0 radical (unpaired) electrons. The molecule has 0 unspecified atom stereocenters. The standard InChI is InChI=1S/C47H30N4O/c1-4-13-32(14-5-1)41-30-42(49-46(48-41)34-15-6-2-7-16-34)33-25-23-31(24-26-33)36-19-12-20-37(29-36)51-43-22-11-10-21-38(43)39-27-28-40-45(44(39)51)52-47(50-40)35-17-8-3-9-18-35/h1-30H. The molecule has 0 fully saturated rings. The first kappa shape index (κ1) is 29.8. The highest BCUT2D eigenvalue weighted by atomic mass is 16.3. The van der Waals surface area contributed by atoms with Crippen LogP contribution in [0.4, 0.5) is 0 Å². The van der Waals surface area contributed by atoms with Gasteiger partial charge in [-0.2, -0.15) is 0 Å². The van der Waals surface area contributed by atoms with Gasteiger partial charge in [0.05, 0.1) is 22.4 Å². The Balaban J connectivity index is 1.07. The van der Waals surface area contributed by atoms with E-state index in [1.54, 1.807) is 0 Å². The molecule has 0 aliphatic carbocycles. The van der Waals surface area contributed by atoms with Gasteiger partial charge in [-0.25, -0.2) is 15.0 Å². The van der Waals surface area contributed by atoms with Crippen molar-refractivity contribution in [3.05, 3.63) is 182 Å². The summed E-state index contributed by atoms with van der Waals surface area (Å²) in [6.07, 6.45) is 0. The minimum Gasteiger partial charge on any atom is -0.434 e. The molecule has 0 saturated carbocycles. The molecule has 0 aliphatic heterocycles. The van der Waals surface area contributed by atoms with Crippen LogP contribution in [0.1, 0.15) is 0 Å². The van der Waals surface area contributed by atoms with Crippen molar-refractivity contribution in [2.24, 2.45) is 0 Å². The Kier molecular flexibility index (Phi) is 7.07. The number of nitrogens with zero attached hydrogens (tertiary/aromatic N) is 4. The molecule has 5 nitrogen and oxygen atoms in total. The highest BCUT2D eigenvalue weighted by molar-refractivity contribution is 6.16. The minimum atomic E-state index is 0.615. The summed E-state index contributed by atoms with van der Waals surface area (Å²) in [5.74, 6) is 1.32. The molecule has 244 valence electrons. The fraction of sp³-hybridized carbons (Fsp3) is 0. The molecule has 0 aliphatic rings. The molecule has 10 rings (SSSR count). The average molecular weight is 667 g/mol. The lowest BCUT2D eigenvalue weighted by atomic mass is 10.0. The summed E-state index contributed by atoms with van der Waals surface area (Å²) in [4.78, 5) is 14.9. The maximum Gasteiger partial charge on any atom is 0.227 e. The molecular weight excluding hydrogens is 637 g/mol. The monoisotopic (exact) mass is 666 g/mol. The summed E-state index contributed by atoms with van der Waals surface area (Å²) in [5, 5.41) is 2.30. The summed E-state index contributed by atoms with van der Waals surface area (Å²) in [6.45, 7) is 0. The summed E-state index contributed by atoms with van der Waals surface area (Å²) in [5.41, 5.74) is 12.8.